The molecule has 0 aromatic rings. The van der Waals surface area contributed by atoms with E-state index in [1.54, 1.807) is 0 Å². The number of rotatable bonds is 0. The van der Waals surface area contributed by atoms with E-state index in [0.29, 0.717) is 0 Å². The first-order chi connectivity index (χ1) is 0. The van der Waals surface area contributed by atoms with E-state index in [1.807, 2.05) is 0 Å². The van der Waals surface area contributed by atoms with Crippen molar-refractivity contribution in [1.82, 2.24) is 0 Å². The zero-order valence-electron chi connectivity index (χ0n) is 2.74. The van der Waals surface area contributed by atoms with Crippen molar-refractivity contribution in [2.45, 2.75) is 0 Å². The van der Waals surface area contributed by atoms with Crippen LogP contribution in [0.4, 0.5) is 0 Å². The van der Waals surface area contributed by atoms with Crippen LogP contribution in [0.2, 0.25) is 0 Å². The average molecular weight is 672 g/mol. The second kappa shape index (κ2) is 46.3. The monoisotopic (exact) mass is 667 g/mol. The van der Waals surface area contributed by atoms with Crippen LogP contribution >= 0.6 is 0 Å². The smallest absolute Gasteiger partial charge is 0 e. The van der Waals surface area contributed by atoms with Crippen LogP contribution in [0.1, 0.15) is 0 Å². The summed E-state index contributed by atoms with van der Waals surface area (Å²) in [7, 11) is 0. The van der Waals surface area contributed by atoms with Gasteiger partial charge in [-0.15, -0.1) is 0 Å². The first-order valence-electron chi connectivity index (χ1n) is 0. The van der Waals surface area contributed by atoms with Gasteiger partial charge in [-0.2, -0.15) is 0 Å². The Morgan fingerprint density at radius 1 is 0.286 bits per heavy atom. The van der Waals surface area contributed by atoms with E-state index in [1.165, 1.54) is 0 Å². The second-order valence-corrected chi connectivity index (χ2v) is 0. The van der Waals surface area contributed by atoms with Gasteiger partial charge in [0, 0.05) is 142 Å². The van der Waals surface area contributed by atoms with Crippen LogP contribution in [-0.4, -0.2) is 39.6 Å². The molecule has 0 rings (SSSR count). The Hall–Kier alpha value is 4.58. The molecule has 0 saturated carbocycles. The van der Waals surface area contributed by atoms with Gasteiger partial charge in [-0.25, -0.2) is 0 Å². The van der Waals surface area contributed by atoms with Crippen molar-refractivity contribution in [2.24, 2.45) is 0 Å². The van der Waals surface area contributed by atoms with E-state index in [-0.39, 0.29) is 142 Å². The average Bonchev–Trinajstić information content (AvgIpc) is 0. The molecule has 0 fully saturated rings. The van der Waals surface area contributed by atoms with Gasteiger partial charge in [0.05, 0.1) is 0 Å². The molecule has 0 spiro atoms. The molecule has 0 saturated heterocycles. The molecule has 0 unspecified atom stereocenters. The molecule has 0 atom stereocenters. The molecule has 0 aliphatic heterocycles. The Morgan fingerprint density at radius 3 is 0.286 bits per heavy atom. The van der Waals surface area contributed by atoms with Gasteiger partial charge in [-0.1, -0.05) is 0 Å². The first-order valence-corrected chi connectivity index (χ1v) is 0. The van der Waals surface area contributed by atoms with Gasteiger partial charge in [0.25, 0.3) is 0 Å². The van der Waals surface area contributed by atoms with Gasteiger partial charge in [0.2, 0.25) is 0 Å². The van der Waals surface area contributed by atoms with E-state index >= 15 is 0 Å². The molecule has 0 nitrogen and oxygen atoms in total. The molecule has 7 heteroatoms. The van der Waals surface area contributed by atoms with Crippen molar-refractivity contribution in [3.8, 4) is 0 Å². The molecule has 0 heterocycles. The predicted molar refractivity (Wildman–Crippen MR) is 11.5 cm³/mol. The van der Waals surface area contributed by atoms with Crippen LogP contribution in [0.25, 0.3) is 0 Å². The molecular formula is Ga2Pd5. The maximum atomic E-state index is 0. The van der Waals surface area contributed by atoms with Gasteiger partial charge in [0.15, 0.2) is 0 Å². The van der Waals surface area contributed by atoms with E-state index in [0.717, 1.165) is 0 Å². The third-order valence-corrected chi connectivity index (χ3v) is 0. The third-order valence-electron chi connectivity index (χ3n) is 0. The molecule has 0 aliphatic carbocycles. The topological polar surface area (TPSA) is 0 Å². The zero-order chi connectivity index (χ0) is 0. The quantitative estimate of drug-likeness (QED) is 0.297. The molecule has 0 aliphatic rings. The Kier molecular flexibility index (Phi) is 408. The van der Waals surface area contributed by atoms with Gasteiger partial charge in [0.1, 0.15) is 0 Å². The fraction of sp³-hybridized carbons (Fsp3) is 0. The minimum absolute atomic E-state index is 0. The fourth-order valence-corrected chi connectivity index (χ4v) is 0. The largest absolute Gasteiger partial charge is 0 e. The zero-order valence-corrected chi connectivity index (χ0v) is 15.4. The summed E-state index contributed by atoms with van der Waals surface area (Å²) in [5, 5.41) is 0. The molecule has 0 N–H and O–H groups in total. The maximum Gasteiger partial charge on any atom is 0 e. The van der Waals surface area contributed by atoms with Crippen LogP contribution in [0.15, 0.2) is 0 Å². The second-order valence-electron chi connectivity index (χ2n) is 0. The molecular weight excluding hydrogens is 672 g/mol. The van der Waals surface area contributed by atoms with Crippen LogP contribution in [0, 0.1) is 0 Å². The number of hydrogen-bond acceptors (Lipinski definition) is 0. The molecule has 56 valence electrons. The summed E-state index contributed by atoms with van der Waals surface area (Å²) in [6, 6.07) is 0. The van der Waals surface area contributed by atoms with Gasteiger partial charge in [-0.3, -0.25) is 0 Å². The summed E-state index contributed by atoms with van der Waals surface area (Å²) >= 11 is 0. The molecule has 0 aromatic carbocycles. The van der Waals surface area contributed by atoms with E-state index in [9.17, 15) is 0 Å². The molecule has 0 aromatic heterocycles. The van der Waals surface area contributed by atoms with Crippen molar-refractivity contribution >= 4 is 39.6 Å². The van der Waals surface area contributed by atoms with Crippen molar-refractivity contribution in [1.29, 1.82) is 0 Å². The summed E-state index contributed by atoms with van der Waals surface area (Å²) in [5.41, 5.74) is 0. The minimum atomic E-state index is 0. The van der Waals surface area contributed by atoms with Gasteiger partial charge in [-0.05, 0) is 0 Å². The van der Waals surface area contributed by atoms with Crippen LogP contribution in [0.3, 0.4) is 0 Å². The summed E-state index contributed by atoms with van der Waals surface area (Å²) in [6.07, 6.45) is 0. The molecule has 6 radical (unpaired) electrons. The molecule has 7 heavy (non-hydrogen) atoms. The Balaban J connectivity index is 0. The van der Waals surface area contributed by atoms with Crippen LogP contribution in [0.5, 0.6) is 0 Å². The van der Waals surface area contributed by atoms with E-state index in [4.69, 9.17) is 0 Å². The molecule has 0 bridgehead atoms. The normalized spacial score (nSPS) is 0. The van der Waals surface area contributed by atoms with Crippen LogP contribution in [-0.2, 0) is 102 Å². The summed E-state index contributed by atoms with van der Waals surface area (Å²) in [4.78, 5) is 0. The van der Waals surface area contributed by atoms with Gasteiger partial charge < -0.3 is 0 Å². The van der Waals surface area contributed by atoms with E-state index < -0.39 is 0 Å². The molecule has 0 amide bonds. The van der Waals surface area contributed by atoms with Crippen molar-refractivity contribution in [3.63, 3.8) is 0 Å². The predicted octanol–water partition coefficient (Wildman–Crippen LogP) is -0.774. The fourth-order valence-electron chi connectivity index (χ4n) is 0. The van der Waals surface area contributed by atoms with Crippen molar-refractivity contribution in [3.05, 3.63) is 0 Å². The first kappa shape index (κ1) is 61.8. The summed E-state index contributed by atoms with van der Waals surface area (Å²) < 4.78 is 0. The van der Waals surface area contributed by atoms with Crippen molar-refractivity contribution in [2.75, 3.05) is 0 Å². The Labute approximate surface area is 139 Å². The van der Waals surface area contributed by atoms with Gasteiger partial charge >= 0.3 is 0 Å². The Morgan fingerprint density at radius 2 is 0.286 bits per heavy atom. The summed E-state index contributed by atoms with van der Waals surface area (Å²) in [5.74, 6) is 0. The maximum absolute atomic E-state index is 0. The minimum Gasteiger partial charge on any atom is 0 e. The van der Waals surface area contributed by atoms with E-state index in [2.05, 4.69) is 0 Å². The SMILES string of the molecule is [Ga].[Ga].[Pd].[Pd].[Pd].[Pd].[Pd]. The van der Waals surface area contributed by atoms with Crippen LogP contribution < -0.4 is 0 Å². The summed E-state index contributed by atoms with van der Waals surface area (Å²) in [6.45, 7) is 0. The van der Waals surface area contributed by atoms with Crippen molar-refractivity contribution < 1.29 is 102 Å². The third kappa shape index (κ3) is 37.1. The standard InChI is InChI=1S/2Ga.5Pd. The Bertz CT molecular complexity index is 6.04. The number of hydrogen-bond donors (Lipinski definition) is 0.